The normalized spacial score (nSPS) is 11.1. The zero-order chi connectivity index (χ0) is 14.2. The molecule has 106 valence electrons. The molecule has 0 aliphatic rings. The Morgan fingerprint density at radius 2 is 1.94 bits per heavy atom. The Bertz CT molecular complexity index is 381. The monoisotopic (exact) mass is 282 g/mol. The molecule has 0 bridgehead atoms. The van der Waals surface area contributed by atoms with Gasteiger partial charge in [0.05, 0.1) is 13.7 Å². The predicted molar refractivity (Wildman–Crippen MR) is 63.0 cm³/mol. The first-order valence-corrected chi connectivity index (χ1v) is 6.75. The van der Waals surface area contributed by atoms with Crippen LogP contribution in [0.15, 0.2) is 0 Å². The van der Waals surface area contributed by atoms with E-state index in [2.05, 4.69) is 9.47 Å². The molecule has 0 aromatic heterocycles. The standard InChI is InChI=1S/C9H18N2O6S/c1-4-17-9(13)10-18(14,15)11(2)7-5-6-8(12)16-3/h4-7H2,1-3H3,(H,10,13). The number of hydrogen-bond donors (Lipinski definition) is 1. The van der Waals surface area contributed by atoms with Crippen LogP contribution in [0.25, 0.3) is 0 Å². The summed E-state index contributed by atoms with van der Waals surface area (Å²) in [6.07, 6.45) is -0.625. The Morgan fingerprint density at radius 3 is 2.44 bits per heavy atom. The lowest BCUT2D eigenvalue weighted by atomic mass is 10.3. The van der Waals surface area contributed by atoms with Gasteiger partial charge in [0.2, 0.25) is 0 Å². The number of ether oxygens (including phenoxy) is 2. The van der Waals surface area contributed by atoms with Gasteiger partial charge in [-0.05, 0) is 13.3 Å². The summed E-state index contributed by atoms with van der Waals surface area (Å²) in [7, 11) is -1.38. The van der Waals surface area contributed by atoms with E-state index in [-0.39, 0.29) is 19.6 Å². The average Bonchev–Trinajstić information content (AvgIpc) is 2.28. The molecule has 0 heterocycles. The predicted octanol–water partition coefficient (Wildman–Crippen LogP) is -0.138. The van der Waals surface area contributed by atoms with Gasteiger partial charge in [-0.15, -0.1) is 0 Å². The van der Waals surface area contributed by atoms with Crippen LogP contribution in [-0.4, -0.2) is 52.1 Å². The van der Waals surface area contributed by atoms with Crippen LogP contribution in [0.3, 0.4) is 0 Å². The maximum atomic E-state index is 11.6. The molecular formula is C9H18N2O6S. The quantitative estimate of drug-likeness (QED) is 0.652. The van der Waals surface area contributed by atoms with Crippen molar-refractivity contribution in [2.75, 3.05) is 27.3 Å². The van der Waals surface area contributed by atoms with E-state index in [4.69, 9.17) is 0 Å². The highest BCUT2D eigenvalue weighted by molar-refractivity contribution is 7.87. The number of rotatable bonds is 7. The first-order chi connectivity index (χ1) is 8.33. The summed E-state index contributed by atoms with van der Waals surface area (Å²) < 4.78 is 34.6. The summed E-state index contributed by atoms with van der Waals surface area (Å²) in [6.45, 7) is 1.73. The molecule has 18 heavy (non-hydrogen) atoms. The van der Waals surface area contributed by atoms with Crippen molar-refractivity contribution >= 4 is 22.3 Å². The molecule has 0 saturated heterocycles. The second-order valence-corrected chi connectivity index (χ2v) is 5.11. The molecule has 0 aromatic carbocycles. The highest BCUT2D eigenvalue weighted by Crippen LogP contribution is 2.00. The van der Waals surface area contributed by atoms with Crippen molar-refractivity contribution in [2.24, 2.45) is 0 Å². The van der Waals surface area contributed by atoms with Crippen LogP contribution < -0.4 is 4.72 Å². The van der Waals surface area contributed by atoms with Gasteiger partial charge < -0.3 is 9.47 Å². The highest BCUT2D eigenvalue weighted by Gasteiger charge is 2.20. The smallest absolute Gasteiger partial charge is 0.421 e. The Hall–Kier alpha value is -1.35. The molecule has 0 rings (SSSR count). The lowest BCUT2D eigenvalue weighted by Crippen LogP contribution is -2.42. The third-order valence-corrected chi connectivity index (χ3v) is 3.41. The lowest BCUT2D eigenvalue weighted by Gasteiger charge is -2.16. The minimum atomic E-state index is -3.93. The molecule has 1 N–H and O–H groups in total. The third kappa shape index (κ3) is 6.40. The number of amides is 1. The van der Waals surface area contributed by atoms with E-state index < -0.39 is 22.3 Å². The Kier molecular flexibility index (Phi) is 7.29. The molecule has 0 fully saturated rings. The Balaban J connectivity index is 4.18. The Morgan fingerprint density at radius 1 is 1.33 bits per heavy atom. The number of carbonyl (C=O) groups excluding carboxylic acids is 2. The molecule has 0 aliphatic heterocycles. The first-order valence-electron chi connectivity index (χ1n) is 5.31. The molecule has 1 amide bonds. The number of nitrogens with zero attached hydrogens (tertiary/aromatic N) is 1. The topological polar surface area (TPSA) is 102 Å². The van der Waals surface area contributed by atoms with Crippen molar-refractivity contribution < 1.29 is 27.5 Å². The van der Waals surface area contributed by atoms with Gasteiger partial charge in [0.25, 0.3) is 0 Å². The second-order valence-electron chi connectivity index (χ2n) is 3.33. The fourth-order valence-electron chi connectivity index (χ4n) is 1.01. The van der Waals surface area contributed by atoms with E-state index in [1.807, 2.05) is 0 Å². The van der Waals surface area contributed by atoms with Gasteiger partial charge in [0, 0.05) is 20.0 Å². The lowest BCUT2D eigenvalue weighted by molar-refractivity contribution is -0.140. The first kappa shape index (κ1) is 16.6. The third-order valence-electron chi connectivity index (χ3n) is 1.98. The summed E-state index contributed by atoms with van der Waals surface area (Å²) in [6, 6.07) is 0. The number of hydrogen-bond acceptors (Lipinski definition) is 6. The largest absolute Gasteiger partial charge is 0.469 e. The van der Waals surface area contributed by atoms with Crippen LogP contribution >= 0.6 is 0 Å². The minimum absolute atomic E-state index is 0.0768. The van der Waals surface area contributed by atoms with Crippen LogP contribution in [0.2, 0.25) is 0 Å². The van der Waals surface area contributed by atoms with Crippen LogP contribution in [-0.2, 0) is 24.5 Å². The SMILES string of the molecule is CCOC(=O)NS(=O)(=O)N(C)CCCC(=O)OC. The highest BCUT2D eigenvalue weighted by atomic mass is 32.2. The van der Waals surface area contributed by atoms with Gasteiger partial charge in [-0.1, -0.05) is 0 Å². The van der Waals surface area contributed by atoms with Gasteiger partial charge >= 0.3 is 22.3 Å². The van der Waals surface area contributed by atoms with E-state index in [0.29, 0.717) is 6.42 Å². The minimum Gasteiger partial charge on any atom is -0.469 e. The van der Waals surface area contributed by atoms with Gasteiger partial charge in [0.15, 0.2) is 0 Å². The van der Waals surface area contributed by atoms with Crippen molar-refractivity contribution in [3.63, 3.8) is 0 Å². The zero-order valence-corrected chi connectivity index (χ0v) is 11.4. The van der Waals surface area contributed by atoms with Crippen molar-refractivity contribution in [3.05, 3.63) is 0 Å². The summed E-state index contributed by atoms with van der Waals surface area (Å²) >= 11 is 0. The van der Waals surface area contributed by atoms with Gasteiger partial charge in [-0.3, -0.25) is 4.79 Å². The van der Waals surface area contributed by atoms with E-state index in [1.165, 1.54) is 14.2 Å². The average molecular weight is 282 g/mol. The van der Waals surface area contributed by atoms with Crippen LogP contribution in [0, 0.1) is 0 Å². The molecular weight excluding hydrogens is 264 g/mol. The molecule has 0 saturated carbocycles. The van der Waals surface area contributed by atoms with Crippen molar-refractivity contribution in [2.45, 2.75) is 19.8 Å². The van der Waals surface area contributed by atoms with Crippen molar-refractivity contribution in [1.29, 1.82) is 0 Å². The summed E-state index contributed by atoms with van der Waals surface area (Å²) in [5, 5.41) is 0. The van der Waals surface area contributed by atoms with Crippen LogP contribution in [0.5, 0.6) is 0 Å². The number of methoxy groups -OCH3 is 1. The van der Waals surface area contributed by atoms with Crippen LogP contribution in [0.4, 0.5) is 4.79 Å². The molecule has 9 heteroatoms. The molecule has 0 atom stereocenters. The van der Waals surface area contributed by atoms with Gasteiger partial charge in [-0.2, -0.15) is 12.7 Å². The fraction of sp³-hybridized carbons (Fsp3) is 0.778. The van der Waals surface area contributed by atoms with Gasteiger partial charge in [0.1, 0.15) is 0 Å². The summed E-state index contributed by atoms with van der Waals surface area (Å²) in [4.78, 5) is 21.8. The van der Waals surface area contributed by atoms with E-state index in [9.17, 15) is 18.0 Å². The molecule has 0 aliphatic carbocycles. The maximum Gasteiger partial charge on any atom is 0.421 e. The zero-order valence-electron chi connectivity index (χ0n) is 10.6. The number of carbonyl (C=O) groups is 2. The molecule has 0 radical (unpaired) electrons. The van der Waals surface area contributed by atoms with E-state index >= 15 is 0 Å². The summed E-state index contributed by atoms with van der Waals surface area (Å²) in [5.74, 6) is -0.417. The molecule has 0 aromatic rings. The van der Waals surface area contributed by atoms with E-state index in [1.54, 1.807) is 11.6 Å². The second kappa shape index (κ2) is 7.88. The molecule has 0 spiro atoms. The van der Waals surface area contributed by atoms with E-state index in [0.717, 1.165) is 4.31 Å². The molecule has 0 unspecified atom stereocenters. The van der Waals surface area contributed by atoms with Gasteiger partial charge in [-0.25, -0.2) is 9.52 Å². The summed E-state index contributed by atoms with van der Waals surface area (Å²) in [5.41, 5.74) is 0. The van der Waals surface area contributed by atoms with Crippen molar-refractivity contribution in [1.82, 2.24) is 9.03 Å². The van der Waals surface area contributed by atoms with Crippen molar-refractivity contribution in [3.8, 4) is 0 Å². The maximum absolute atomic E-state index is 11.6. The number of esters is 1. The molecule has 8 nitrogen and oxygen atoms in total. The van der Waals surface area contributed by atoms with Crippen LogP contribution in [0.1, 0.15) is 19.8 Å². The number of nitrogens with one attached hydrogen (secondary N) is 1. The Labute approximate surface area is 106 Å². The fourth-order valence-corrected chi connectivity index (χ4v) is 1.81.